The zero-order chi connectivity index (χ0) is 21.4. The monoisotopic (exact) mass is 398 g/mol. The minimum atomic E-state index is -2.04. The van der Waals surface area contributed by atoms with Crippen LogP contribution in [0, 0.1) is 11.3 Å². The van der Waals surface area contributed by atoms with E-state index in [0.29, 0.717) is 22.6 Å². The van der Waals surface area contributed by atoms with Crippen molar-refractivity contribution in [3.05, 3.63) is 95.6 Å². The molecule has 0 bridgehead atoms. The number of carbonyl (C=O) groups excluding carboxylic acids is 1. The fraction of sp³-hybridized carbons (Fsp3) is 0.200. The molecule has 5 nitrogen and oxygen atoms in total. The van der Waals surface area contributed by atoms with Crippen molar-refractivity contribution in [3.63, 3.8) is 0 Å². The predicted molar refractivity (Wildman–Crippen MR) is 114 cm³/mol. The Morgan fingerprint density at radius 1 is 1.07 bits per heavy atom. The van der Waals surface area contributed by atoms with Gasteiger partial charge in [0.05, 0.1) is 25.4 Å². The summed E-state index contributed by atoms with van der Waals surface area (Å²) in [4.78, 5) is 15.3. The number of hydrogen-bond donors (Lipinski definition) is 1. The van der Waals surface area contributed by atoms with Crippen molar-refractivity contribution in [1.29, 1.82) is 5.26 Å². The lowest BCUT2D eigenvalue weighted by Gasteiger charge is -2.36. The SMILES string of the molecule is COc1ccc2c(c1)N(Cc1ccccc1)C(=O)[C@@]2(O)[C@@](C)(C#N)c1ccccc1. The van der Waals surface area contributed by atoms with E-state index >= 15 is 0 Å². The first kappa shape index (κ1) is 19.7. The molecule has 30 heavy (non-hydrogen) atoms. The summed E-state index contributed by atoms with van der Waals surface area (Å²) in [6.45, 7) is 1.89. The number of rotatable bonds is 5. The number of nitriles is 1. The lowest BCUT2D eigenvalue weighted by molar-refractivity contribution is -0.141. The van der Waals surface area contributed by atoms with Gasteiger partial charge in [0.2, 0.25) is 0 Å². The van der Waals surface area contributed by atoms with Gasteiger partial charge in [-0.15, -0.1) is 0 Å². The minimum Gasteiger partial charge on any atom is -0.497 e. The molecule has 2 atom stereocenters. The molecule has 0 saturated heterocycles. The third kappa shape index (κ3) is 2.77. The van der Waals surface area contributed by atoms with Crippen LogP contribution in [0.3, 0.4) is 0 Å². The van der Waals surface area contributed by atoms with Gasteiger partial charge in [-0.1, -0.05) is 60.7 Å². The van der Waals surface area contributed by atoms with Crippen LogP contribution in [0.1, 0.15) is 23.6 Å². The van der Waals surface area contributed by atoms with Crippen molar-refractivity contribution < 1.29 is 14.6 Å². The Kier molecular flexibility index (Phi) is 4.81. The summed E-state index contributed by atoms with van der Waals surface area (Å²) in [6.07, 6.45) is 0. The lowest BCUT2D eigenvalue weighted by Crippen LogP contribution is -2.53. The molecule has 4 rings (SSSR count). The summed E-state index contributed by atoms with van der Waals surface area (Å²) >= 11 is 0. The third-order valence-corrected chi connectivity index (χ3v) is 5.92. The lowest BCUT2D eigenvalue weighted by atomic mass is 9.67. The van der Waals surface area contributed by atoms with Gasteiger partial charge in [-0.25, -0.2) is 0 Å². The molecule has 1 amide bonds. The van der Waals surface area contributed by atoms with Crippen molar-refractivity contribution in [2.45, 2.75) is 24.5 Å². The van der Waals surface area contributed by atoms with Gasteiger partial charge in [0.15, 0.2) is 5.60 Å². The van der Waals surface area contributed by atoms with Crippen molar-refractivity contribution >= 4 is 11.6 Å². The topological polar surface area (TPSA) is 73.6 Å². The number of aliphatic hydroxyl groups is 1. The molecule has 0 fully saturated rings. The normalized spacial score (nSPS) is 19.7. The van der Waals surface area contributed by atoms with E-state index in [4.69, 9.17) is 4.74 Å². The highest BCUT2D eigenvalue weighted by Gasteiger charge is 2.62. The molecule has 5 heteroatoms. The standard InChI is InChI=1S/C25H22N2O3/c1-24(17-26,19-11-7-4-8-12-19)25(29)21-14-13-20(30-2)15-22(21)27(23(25)28)16-18-9-5-3-6-10-18/h3-15,29H,16H2,1-2H3/t24-,25+/m0/s1. The van der Waals surface area contributed by atoms with Crippen molar-refractivity contribution in [1.82, 2.24) is 0 Å². The molecule has 1 N–H and O–H groups in total. The van der Waals surface area contributed by atoms with E-state index in [1.807, 2.05) is 36.4 Å². The quantitative estimate of drug-likeness (QED) is 0.707. The molecule has 0 unspecified atom stereocenters. The average Bonchev–Trinajstić information content (AvgIpc) is 3.02. The van der Waals surface area contributed by atoms with Crippen molar-refractivity contribution in [3.8, 4) is 11.8 Å². The highest BCUT2D eigenvalue weighted by molar-refractivity contribution is 6.08. The molecule has 3 aromatic rings. The largest absolute Gasteiger partial charge is 0.497 e. The van der Waals surface area contributed by atoms with E-state index in [0.717, 1.165) is 5.56 Å². The second-order valence-corrected chi connectivity index (χ2v) is 7.57. The Balaban J connectivity index is 1.91. The Bertz CT molecular complexity index is 1120. The Hall–Kier alpha value is -3.62. The number of carbonyl (C=O) groups is 1. The van der Waals surface area contributed by atoms with Crippen LogP contribution in [0.5, 0.6) is 5.75 Å². The molecular weight excluding hydrogens is 376 g/mol. The third-order valence-electron chi connectivity index (χ3n) is 5.92. The van der Waals surface area contributed by atoms with E-state index in [-0.39, 0.29) is 6.54 Å². The summed E-state index contributed by atoms with van der Waals surface area (Å²) in [5, 5.41) is 22.1. The van der Waals surface area contributed by atoms with Crippen LogP contribution < -0.4 is 9.64 Å². The number of methoxy groups -OCH3 is 1. The number of benzene rings is 3. The summed E-state index contributed by atoms with van der Waals surface area (Å²) in [5.74, 6) is 0.0461. The molecule has 1 heterocycles. The van der Waals surface area contributed by atoms with Crippen molar-refractivity contribution in [2.75, 3.05) is 12.0 Å². The number of nitrogens with zero attached hydrogens (tertiary/aromatic N) is 2. The van der Waals surface area contributed by atoms with Gasteiger partial charge < -0.3 is 14.7 Å². The molecule has 150 valence electrons. The molecule has 0 saturated carbocycles. The molecule has 0 aromatic heterocycles. The summed E-state index contributed by atoms with van der Waals surface area (Å²) in [7, 11) is 1.55. The minimum absolute atomic E-state index is 0.276. The van der Waals surface area contributed by atoms with E-state index in [2.05, 4.69) is 6.07 Å². The fourth-order valence-corrected chi connectivity index (χ4v) is 4.12. The van der Waals surface area contributed by atoms with Crippen molar-refractivity contribution in [2.24, 2.45) is 0 Å². The van der Waals surface area contributed by atoms with Crippen LogP contribution in [0.2, 0.25) is 0 Å². The Morgan fingerprint density at radius 2 is 1.70 bits per heavy atom. The van der Waals surface area contributed by atoms with Crippen LogP contribution in [0.4, 0.5) is 5.69 Å². The summed E-state index contributed by atoms with van der Waals surface area (Å²) in [6, 6.07) is 25.8. The average molecular weight is 398 g/mol. The maximum atomic E-state index is 13.8. The summed E-state index contributed by atoms with van der Waals surface area (Å²) < 4.78 is 5.35. The number of ether oxygens (including phenoxy) is 1. The smallest absolute Gasteiger partial charge is 0.266 e. The first-order valence-electron chi connectivity index (χ1n) is 9.69. The number of anilines is 1. The second kappa shape index (κ2) is 7.33. The zero-order valence-electron chi connectivity index (χ0n) is 16.9. The molecule has 3 aromatic carbocycles. The molecule has 0 radical (unpaired) electrons. The van der Waals surface area contributed by atoms with Crippen LogP contribution in [-0.2, 0) is 22.4 Å². The Morgan fingerprint density at radius 3 is 2.30 bits per heavy atom. The first-order valence-corrected chi connectivity index (χ1v) is 9.69. The molecule has 0 spiro atoms. The van der Waals surface area contributed by atoms with Crippen LogP contribution in [0.25, 0.3) is 0 Å². The summed E-state index contributed by atoms with van der Waals surface area (Å²) in [5.41, 5.74) is -1.09. The van der Waals surface area contributed by atoms with Crippen LogP contribution >= 0.6 is 0 Å². The highest BCUT2D eigenvalue weighted by atomic mass is 16.5. The predicted octanol–water partition coefficient (Wildman–Crippen LogP) is 3.91. The number of hydrogen-bond acceptors (Lipinski definition) is 4. The second-order valence-electron chi connectivity index (χ2n) is 7.57. The van der Waals surface area contributed by atoms with Gasteiger partial charge in [-0.05, 0) is 30.2 Å². The van der Waals surface area contributed by atoms with Gasteiger partial charge >= 0.3 is 0 Å². The van der Waals surface area contributed by atoms with Gasteiger partial charge in [0.25, 0.3) is 5.91 Å². The number of amides is 1. The van der Waals surface area contributed by atoms with E-state index in [1.54, 1.807) is 56.5 Å². The maximum absolute atomic E-state index is 13.8. The van der Waals surface area contributed by atoms with Crippen LogP contribution in [0.15, 0.2) is 78.9 Å². The maximum Gasteiger partial charge on any atom is 0.266 e. The van der Waals surface area contributed by atoms with Gasteiger partial charge in [0.1, 0.15) is 11.2 Å². The molecule has 0 aliphatic carbocycles. The van der Waals surface area contributed by atoms with E-state index in [1.165, 1.54) is 4.90 Å². The number of fused-ring (bicyclic) bond motifs is 1. The first-order chi connectivity index (χ1) is 14.5. The fourth-order valence-electron chi connectivity index (χ4n) is 4.12. The molecular formula is C25H22N2O3. The van der Waals surface area contributed by atoms with E-state index < -0.39 is 16.9 Å². The highest BCUT2D eigenvalue weighted by Crippen LogP contribution is 2.52. The van der Waals surface area contributed by atoms with Gasteiger partial charge in [-0.3, -0.25) is 4.79 Å². The van der Waals surface area contributed by atoms with Gasteiger partial charge in [-0.2, -0.15) is 5.26 Å². The molecule has 1 aliphatic heterocycles. The molecule has 1 aliphatic rings. The van der Waals surface area contributed by atoms with Gasteiger partial charge in [0, 0.05) is 11.6 Å². The zero-order valence-corrected chi connectivity index (χ0v) is 16.9. The Labute approximate surface area is 175 Å². The van der Waals surface area contributed by atoms with Crippen LogP contribution in [-0.4, -0.2) is 18.1 Å². The van der Waals surface area contributed by atoms with E-state index in [9.17, 15) is 15.2 Å².